The van der Waals surface area contributed by atoms with Gasteiger partial charge in [0, 0.05) is 22.9 Å². The lowest BCUT2D eigenvalue weighted by Gasteiger charge is -2.05. The fourth-order valence-corrected chi connectivity index (χ4v) is 1.86. The van der Waals surface area contributed by atoms with Gasteiger partial charge in [0.25, 0.3) is 5.91 Å². The van der Waals surface area contributed by atoms with E-state index in [1.54, 1.807) is 24.3 Å². The minimum absolute atomic E-state index is 0.209. The first-order chi connectivity index (χ1) is 11.1. The molecule has 0 aliphatic carbocycles. The summed E-state index contributed by atoms with van der Waals surface area (Å²) in [5.74, 6) is -0.921. The van der Waals surface area contributed by atoms with E-state index in [1.807, 2.05) is 6.92 Å². The predicted octanol–water partition coefficient (Wildman–Crippen LogP) is 3.55. The third-order valence-corrected chi connectivity index (χ3v) is 3.00. The summed E-state index contributed by atoms with van der Waals surface area (Å²) >= 11 is 0. The van der Waals surface area contributed by atoms with Crippen molar-refractivity contribution in [3.05, 3.63) is 77.8 Å². The summed E-state index contributed by atoms with van der Waals surface area (Å²) < 4.78 is 17.8. The van der Waals surface area contributed by atoms with Crippen molar-refractivity contribution in [2.24, 2.45) is 0 Å². The molecule has 118 valence electrons. The Kier molecular flexibility index (Phi) is 5.63. The molecule has 0 radical (unpaired) electrons. The van der Waals surface area contributed by atoms with Gasteiger partial charge in [0.2, 0.25) is 0 Å². The zero-order valence-electron chi connectivity index (χ0n) is 12.6. The topological polar surface area (TPSA) is 55.4 Å². The van der Waals surface area contributed by atoms with Gasteiger partial charge in [0.05, 0.1) is 12.9 Å². The molecular formula is C18H16FNO3. The van der Waals surface area contributed by atoms with E-state index in [0.717, 1.165) is 0 Å². The molecule has 5 heteroatoms. The number of hydrogen-bond donors (Lipinski definition) is 1. The second-order valence-corrected chi connectivity index (χ2v) is 4.66. The van der Waals surface area contributed by atoms with E-state index in [0.29, 0.717) is 23.4 Å². The van der Waals surface area contributed by atoms with Crippen LogP contribution in [0.3, 0.4) is 0 Å². The monoisotopic (exact) mass is 313 g/mol. The van der Waals surface area contributed by atoms with Crippen LogP contribution in [0.1, 0.15) is 22.8 Å². The molecule has 0 aromatic heterocycles. The first kappa shape index (κ1) is 16.4. The summed E-state index contributed by atoms with van der Waals surface area (Å²) in [5.41, 5.74) is 1.43. The lowest BCUT2D eigenvalue weighted by molar-refractivity contribution is -0.112. The maximum Gasteiger partial charge on any atom is 0.251 e. The van der Waals surface area contributed by atoms with E-state index < -0.39 is 0 Å². The van der Waals surface area contributed by atoms with Crippen molar-refractivity contribution in [3.8, 4) is 0 Å². The Labute approximate surface area is 133 Å². The minimum Gasteiger partial charge on any atom is -0.501 e. The van der Waals surface area contributed by atoms with Crippen molar-refractivity contribution in [1.29, 1.82) is 0 Å². The molecule has 0 saturated carbocycles. The number of carbonyl (C=O) groups is 2. The summed E-state index contributed by atoms with van der Waals surface area (Å²) in [4.78, 5) is 23.8. The fraction of sp³-hybridized carbons (Fsp3) is 0.111. The van der Waals surface area contributed by atoms with Crippen LogP contribution in [0.25, 0.3) is 0 Å². The molecule has 0 heterocycles. The molecule has 2 aromatic carbocycles. The molecule has 0 spiro atoms. The average molecular weight is 313 g/mol. The van der Waals surface area contributed by atoms with E-state index in [1.165, 1.54) is 36.6 Å². The highest BCUT2D eigenvalue weighted by atomic mass is 19.1. The molecule has 0 unspecified atom stereocenters. The van der Waals surface area contributed by atoms with E-state index in [2.05, 4.69) is 5.32 Å². The molecule has 2 aromatic rings. The molecule has 2 rings (SSSR count). The number of anilines is 1. The molecule has 0 aliphatic heterocycles. The van der Waals surface area contributed by atoms with Gasteiger partial charge < -0.3 is 10.1 Å². The number of halogens is 1. The highest BCUT2D eigenvalue weighted by Crippen LogP contribution is 2.14. The average Bonchev–Trinajstić information content (AvgIpc) is 2.56. The molecule has 23 heavy (non-hydrogen) atoms. The van der Waals surface area contributed by atoms with E-state index in [4.69, 9.17) is 4.74 Å². The van der Waals surface area contributed by atoms with Gasteiger partial charge in [-0.05, 0) is 55.5 Å². The van der Waals surface area contributed by atoms with Crippen LogP contribution in [-0.2, 0) is 9.53 Å². The number of rotatable bonds is 6. The highest BCUT2D eigenvalue weighted by Gasteiger charge is 2.09. The summed E-state index contributed by atoms with van der Waals surface area (Å²) in [6, 6.07) is 11.8. The Hall–Kier alpha value is -2.95. The van der Waals surface area contributed by atoms with Crippen LogP contribution in [0.2, 0.25) is 0 Å². The summed E-state index contributed by atoms with van der Waals surface area (Å²) in [5, 5.41) is 2.65. The van der Waals surface area contributed by atoms with E-state index in [9.17, 15) is 14.0 Å². The van der Waals surface area contributed by atoms with Gasteiger partial charge in [-0.1, -0.05) is 0 Å². The number of hydrogen-bond acceptors (Lipinski definition) is 3. The Morgan fingerprint density at radius 1 is 1.04 bits per heavy atom. The lowest BCUT2D eigenvalue weighted by Crippen LogP contribution is -2.08. The third kappa shape index (κ3) is 4.78. The molecular weight excluding hydrogens is 297 g/mol. The largest absolute Gasteiger partial charge is 0.501 e. The zero-order valence-corrected chi connectivity index (χ0v) is 12.6. The van der Waals surface area contributed by atoms with Crippen LogP contribution in [0.15, 0.2) is 60.9 Å². The maximum absolute atomic E-state index is 12.9. The van der Waals surface area contributed by atoms with Crippen molar-refractivity contribution < 1.29 is 18.7 Å². The number of ketones is 1. The van der Waals surface area contributed by atoms with Crippen molar-refractivity contribution >= 4 is 17.4 Å². The summed E-state index contributed by atoms with van der Waals surface area (Å²) in [6.07, 6.45) is 2.60. The number of benzene rings is 2. The van der Waals surface area contributed by atoms with Crippen LogP contribution in [0.5, 0.6) is 0 Å². The Balaban J connectivity index is 2.03. The zero-order chi connectivity index (χ0) is 16.7. The molecule has 0 bridgehead atoms. The smallest absolute Gasteiger partial charge is 0.251 e. The molecule has 0 saturated heterocycles. The van der Waals surface area contributed by atoms with Gasteiger partial charge in [0.1, 0.15) is 5.82 Å². The van der Waals surface area contributed by atoms with Crippen LogP contribution < -0.4 is 5.32 Å². The van der Waals surface area contributed by atoms with Crippen molar-refractivity contribution in [1.82, 2.24) is 0 Å². The molecule has 0 atom stereocenters. The standard InChI is InChI=1S/C18H16FNO3/c1-2-23-12-11-17(21)20-16-9-5-14(6-10-16)18(22)13-3-7-15(19)8-4-13/h3-12H,2H2,1H3,(H,20,21)/b12-11+. The van der Waals surface area contributed by atoms with Gasteiger partial charge in [-0.3, -0.25) is 9.59 Å². The Morgan fingerprint density at radius 3 is 2.17 bits per heavy atom. The van der Waals surface area contributed by atoms with Gasteiger partial charge >= 0.3 is 0 Å². The highest BCUT2D eigenvalue weighted by molar-refractivity contribution is 6.09. The number of carbonyl (C=O) groups excluding carboxylic acids is 2. The quantitative estimate of drug-likeness (QED) is 0.504. The number of amides is 1. The third-order valence-electron chi connectivity index (χ3n) is 3.00. The van der Waals surface area contributed by atoms with Crippen LogP contribution in [-0.4, -0.2) is 18.3 Å². The maximum atomic E-state index is 12.9. The lowest BCUT2D eigenvalue weighted by atomic mass is 10.0. The molecule has 1 N–H and O–H groups in total. The second kappa shape index (κ2) is 7.89. The van der Waals surface area contributed by atoms with Gasteiger partial charge in [-0.2, -0.15) is 0 Å². The number of nitrogens with one attached hydrogen (secondary N) is 1. The van der Waals surface area contributed by atoms with Crippen LogP contribution in [0.4, 0.5) is 10.1 Å². The first-order valence-corrected chi connectivity index (χ1v) is 7.09. The van der Waals surface area contributed by atoms with Crippen LogP contribution in [0, 0.1) is 5.82 Å². The van der Waals surface area contributed by atoms with Gasteiger partial charge in [-0.15, -0.1) is 0 Å². The molecule has 0 fully saturated rings. The molecule has 4 nitrogen and oxygen atoms in total. The first-order valence-electron chi connectivity index (χ1n) is 7.09. The molecule has 1 amide bonds. The predicted molar refractivity (Wildman–Crippen MR) is 85.7 cm³/mol. The SMILES string of the molecule is CCO/C=C/C(=O)Nc1ccc(C(=O)c2ccc(F)cc2)cc1. The van der Waals surface area contributed by atoms with Gasteiger partial charge in [-0.25, -0.2) is 4.39 Å². The Morgan fingerprint density at radius 2 is 1.61 bits per heavy atom. The van der Waals surface area contributed by atoms with Crippen LogP contribution >= 0.6 is 0 Å². The van der Waals surface area contributed by atoms with Crippen molar-refractivity contribution in [2.45, 2.75) is 6.92 Å². The normalized spacial score (nSPS) is 10.5. The summed E-state index contributed by atoms with van der Waals surface area (Å²) in [6.45, 7) is 2.31. The van der Waals surface area contributed by atoms with Gasteiger partial charge in [0.15, 0.2) is 5.78 Å². The van der Waals surface area contributed by atoms with Crippen molar-refractivity contribution in [3.63, 3.8) is 0 Å². The Bertz CT molecular complexity index is 706. The van der Waals surface area contributed by atoms with E-state index >= 15 is 0 Å². The number of ether oxygens (including phenoxy) is 1. The second-order valence-electron chi connectivity index (χ2n) is 4.66. The van der Waals surface area contributed by atoms with E-state index in [-0.39, 0.29) is 17.5 Å². The molecule has 0 aliphatic rings. The van der Waals surface area contributed by atoms with Crippen molar-refractivity contribution in [2.75, 3.05) is 11.9 Å². The summed E-state index contributed by atoms with van der Waals surface area (Å²) in [7, 11) is 0. The fourth-order valence-electron chi connectivity index (χ4n) is 1.86. The minimum atomic E-state index is -0.389.